The standard InChI is InChI=1S/C9H16N2O3/c1-10-4-3-7(5-10)6-11(2)8(12)9(13)14/h7H,3-6H2,1-2H3,(H,13,14). The number of nitrogens with zero attached hydrogens (tertiary/aromatic N) is 2. The van der Waals surface area contributed by atoms with E-state index in [2.05, 4.69) is 4.90 Å². The Hall–Kier alpha value is -1.10. The van der Waals surface area contributed by atoms with Crippen LogP contribution >= 0.6 is 0 Å². The molecule has 0 aliphatic carbocycles. The number of carbonyl (C=O) groups is 2. The smallest absolute Gasteiger partial charge is 0.394 e. The van der Waals surface area contributed by atoms with Crippen molar-refractivity contribution in [1.29, 1.82) is 0 Å². The second-order valence-corrected chi connectivity index (χ2v) is 3.91. The van der Waals surface area contributed by atoms with Crippen molar-refractivity contribution in [3.8, 4) is 0 Å². The molecule has 5 nitrogen and oxygen atoms in total. The summed E-state index contributed by atoms with van der Waals surface area (Å²) >= 11 is 0. The van der Waals surface area contributed by atoms with Crippen LogP contribution in [-0.4, -0.2) is 60.5 Å². The van der Waals surface area contributed by atoms with E-state index in [-0.39, 0.29) is 0 Å². The zero-order chi connectivity index (χ0) is 10.7. The highest BCUT2D eigenvalue weighted by atomic mass is 16.4. The molecule has 0 radical (unpaired) electrons. The van der Waals surface area contributed by atoms with Crippen LogP contribution in [0.3, 0.4) is 0 Å². The van der Waals surface area contributed by atoms with Crippen molar-refractivity contribution in [2.24, 2.45) is 5.92 Å². The summed E-state index contributed by atoms with van der Waals surface area (Å²) in [5.41, 5.74) is 0. The molecule has 0 saturated carbocycles. The van der Waals surface area contributed by atoms with E-state index in [1.807, 2.05) is 7.05 Å². The first kappa shape index (κ1) is 11.0. The van der Waals surface area contributed by atoms with Crippen molar-refractivity contribution in [3.63, 3.8) is 0 Å². The zero-order valence-electron chi connectivity index (χ0n) is 8.56. The van der Waals surface area contributed by atoms with E-state index in [1.165, 1.54) is 11.9 Å². The van der Waals surface area contributed by atoms with Crippen molar-refractivity contribution in [2.75, 3.05) is 33.7 Å². The Morgan fingerprint density at radius 1 is 1.57 bits per heavy atom. The number of hydrogen-bond donors (Lipinski definition) is 1. The number of rotatable bonds is 2. The maximum atomic E-state index is 11.0. The number of hydrogen-bond acceptors (Lipinski definition) is 3. The molecule has 1 atom stereocenters. The van der Waals surface area contributed by atoms with E-state index in [0.717, 1.165) is 19.5 Å². The van der Waals surface area contributed by atoms with Gasteiger partial charge >= 0.3 is 11.9 Å². The lowest BCUT2D eigenvalue weighted by molar-refractivity contribution is -0.155. The monoisotopic (exact) mass is 200 g/mol. The van der Waals surface area contributed by atoms with E-state index < -0.39 is 11.9 Å². The van der Waals surface area contributed by atoms with E-state index in [9.17, 15) is 9.59 Å². The van der Waals surface area contributed by atoms with E-state index in [4.69, 9.17) is 5.11 Å². The van der Waals surface area contributed by atoms with Gasteiger partial charge in [0.25, 0.3) is 0 Å². The minimum Gasteiger partial charge on any atom is -0.474 e. The number of amides is 1. The number of likely N-dealkylation sites (N-methyl/N-ethyl adjacent to an activating group) is 1. The zero-order valence-corrected chi connectivity index (χ0v) is 8.56. The van der Waals surface area contributed by atoms with Crippen molar-refractivity contribution in [2.45, 2.75) is 6.42 Å². The number of carboxylic acid groups (broad SMARTS) is 1. The summed E-state index contributed by atoms with van der Waals surface area (Å²) in [6.45, 7) is 2.51. The molecule has 14 heavy (non-hydrogen) atoms. The Bertz CT molecular complexity index is 242. The molecule has 1 rings (SSSR count). The van der Waals surface area contributed by atoms with Crippen LogP contribution < -0.4 is 0 Å². The molecule has 5 heteroatoms. The predicted molar refractivity (Wildman–Crippen MR) is 50.9 cm³/mol. The summed E-state index contributed by atoms with van der Waals surface area (Å²) in [6, 6.07) is 0. The highest BCUT2D eigenvalue weighted by Crippen LogP contribution is 2.14. The second-order valence-electron chi connectivity index (χ2n) is 3.91. The fourth-order valence-corrected chi connectivity index (χ4v) is 1.81. The van der Waals surface area contributed by atoms with Gasteiger partial charge < -0.3 is 14.9 Å². The largest absolute Gasteiger partial charge is 0.474 e. The van der Waals surface area contributed by atoms with Gasteiger partial charge in [-0.2, -0.15) is 0 Å². The summed E-state index contributed by atoms with van der Waals surface area (Å²) < 4.78 is 0. The van der Waals surface area contributed by atoms with Crippen LogP contribution in [0.5, 0.6) is 0 Å². The maximum Gasteiger partial charge on any atom is 0.394 e. The Morgan fingerprint density at radius 3 is 2.64 bits per heavy atom. The molecule has 0 aromatic heterocycles. The first-order valence-electron chi connectivity index (χ1n) is 4.67. The third kappa shape index (κ3) is 2.70. The number of aliphatic carboxylic acids is 1. The molecule has 0 aromatic rings. The average molecular weight is 200 g/mol. The summed E-state index contributed by atoms with van der Waals surface area (Å²) in [4.78, 5) is 24.9. The minimum atomic E-state index is -1.38. The summed E-state index contributed by atoms with van der Waals surface area (Å²) in [6.07, 6.45) is 1.04. The van der Waals surface area contributed by atoms with Gasteiger partial charge in [-0.3, -0.25) is 4.79 Å². The molecule has 0 aromatic carbocycles. The third-order valence-corrected chi connectivity index (χ3v) is 2.55. The van der Waals surface area contributed by atoms with Crippen LogP contribution in [0.15, 0.2) is 0 Å². The number of carbonyl (C=O) groups excluding carboxylic acids is 1. The Kier molecular flexibility index (Phi) is 3.46. The van der Waals surface area contributed by atoms with Crippen molar-refractivity contribution in [3.05, 3.63) is 0 Å². The van der Waals surface area contributed by atoms with Gasteiger partial charge in [-0.25, -0.2) is 4.79 Å². The molecule has 1 N–H and O–H groups in total. The predicted octanol–water partition coefficient (Wildman–Crippen LogP) is -0.519. The molecule has 1 heterocycles. The average Bonchev–Trinajstić information content (AvgIpc) is 2.49. The molecule has 0 spiro atoms. The van der Waals surface area contributed by atoms with E-state index in [1.54, 1.807) is 0 Å². The second kappa shape index (κ2) is 4.41. The lowest BCUT2D eigenvalue weighted by atomic mass is 10.1. The molecule has 1 aliphatic heterocycles. The topological polar surface area (TPSA) is 60.9 Å². The molecule has 1 amide bonds. The molecular weight excluding hydrogens is 184 g/mol. The first-order valence-corrected chi connectivity index (χ1v) is 4.67. The lowest BCUT2D eigenvalue weighted by Crippen LogP contribution is -2.37. The van der Waals surface area contributed by atoms with Crippen molar-refractivity contribution < 1.29 is 14.7 Å². The van der Waals surface area contributed by atoms with Crippen LogP contribution in [-0.2, 0) is 9.59 Å². The summed E-state index contributed by atoms with van der Waals surface area (Å²) in [5.74, 6) is -1.79. The van der Waals surface area contributed by atoms with Gasteiger partial charge in [0.05, 0.1) is 0 Å². The van der Waals surface area contributed by atoms with E-state index in [0.29, 0.717) is 12.5 Å². The Balaban J connectivity index is 2.37. The van der Waals surface area contributed by atoms with Crippen LogP contribution in [0.1, 0.15) is 6.42 Å². The van der Waals surface area contributed by atoms with Gasteiger partial charge in [0.15, 0.2) is 0 Å². The summed E-state index contributed by atoms with van der Waals surface area (Å²) in [5, 5.41) is 8.48. The van der Waals surface area contributed by atoms with Crippen LogP contribution in [0.4, 0.5) is 0 Å². The van der Waals surface area contributed by atoms with Crippen LogP contribution in [0.2, 0.25) is 0 Å². The quantitative estimate of drug-likeness (QED) is 0.609. The molecule has 0 bridgehead atoms. The molecule has 1 unspecified atom stereocenters. The Labute approximate surface area is 83.3 Å². The van der Waals surface area contributed by atoms with Crippen LogP contribution in [0.25, 0.3) is 0 Å². The van der Waals surface area contributed by atoms with Crippen molar-refractivity contribution in [1.82, 2.24) is 9.80 Å². The maximum absolute atomic E-state index is 11.0. The molecule has 1 aliphatic rings. The van der Waals surface area contributed by atoms with Gasteiger partial charge in [0.1, 0.15) is 0 Å². The summed E-state index contributed by atoms with van der Waals surface area (Å²) in [7, 11) is 3.56. The lowest BCUT2D eigenvalue weighted by Gasteiger charge is -2.19. The molecule has 80 valence electrons. The highest BCUT2D eigenvalue weighted by Gasteiger charge is 2.24. The molecular formula is C9H16N2O3. The normalized spacial score (nSPS) is 22.3. The fourth-order valence-electron chi connectivity index (χ4n) is 1.81. The van der Waals surface area contributed by atoms with Crippen molar-refractivity contribution >= 4 is 11.9 Å². The van der Waals surface area contributed by atoms with Gasteiger partial charge in [-0.1, -0.05) is 0 Å². The minimum absolute atomic E-state index is 0.410. The number of likely N-dealkylation sites (tertiary alicyclic amines) is 1. The van der Waals surface area contributed by atoms with Gasteiger partial charge in [0.2, 0.25) is 0 Å². The van der Waals surface area contributed by atoms with E-state index >= 15 is 0 Å². The molecule has 1 saturated heterocycles. The first-order chi connectivity index (χ1) is 6.50. The van der Waals surface area contributed by atoms with Gasteiger partial charge in [-0.15, -0.1) is 0 Å². The fraction of sp³-hybridized carbons (Fsp3) is 0.778. The van der Waals surface area contributed by atoms with Gasteiger partial charge in [-0.05, 0) is 25.9 Å². The Morgan fingerprint density at radius 2 is 2.21 bits per heavy atom. The van der Waals surface area contributed by atoms with Crippen LogP contribution in [0, 0.1) is 5.92 Å². The number of carboxylic acids is 1. The highest BCUT2D eigenvalue weighted by molar-refractivity contribution is 6.31. The SMILES string of the molecule is CN1CCC(CN(C)C(=O)C(=O)O)C1. The molecule has 1 fully saturated rings. The third-order valence-electron chi connectivity index (χ3n) is 2.55. The van der Waals surface area contributed by atoms with Gasteiger partial charge in [0, 0.05) is 20.1 Å².